The second-order valence-corrected chi connectivity index (χ2v) is 14.0. The summed E-state index contributed by atoms with van der Waals surface area (Å²) in [4.78, 5) is 14.9. The summed E-state index contributed by atoms with van der Waals surface area (Å²) in [5.74, 6) is 1.94. The first kappa shape index (κ1) is 31.1. The quantitative estimate of drug-likeness (QED) is 0.173. The molecule has 0 N–H and O–H groups in total. The molecule has 0 aliphatic heterocycles. The number of hydrogen-bond acceptors (Lipinski definition) is 3. The maximum Gasteiger partial charge on any atom is 0.164 e. The third-order valence-corrected chi connectivity index (χ3v) is 10.8. The Hall–Kier alpha value is -7.43. The molecular weight excluding hydrogens is 669 g/mol. The lowest BCUT2D eigenvalue weighted by atomic mass is 9.89. The van der Waals surface area contributed by atoms with E-state index >= 15 is 0 Å². The molecule has 11 rings (SSSR count). The van der Waals surface area contributed by atoms with Gasteiger partial charge in [-0.2, -0.15) is 0 Å². The van der Waals surface area contributed by atoms with E-state index in [0.717, 1.165) is 22.3 Å². The summed E-state index contributed by atoms with van der Waals surface area (Å²) in [7, 11) is 0. The summed E-state index contributed by atoms with van der Waals surface area (Å²) in [6, 6.07) is 68.6. The molecule has 0 unspecified atom stereocenters. The van der Waals surface area contributed by atoms with Crippen molar-refractivity contribution in [3.63, 3.8) is 0 Å². The predicted octanol–water partition coefficient (Wildman–Crippen LogP) is 13.0. The minimum absolute atomic E-state index is 0.640. The third kappa shape index (κ3) is 5.11. The lowest BCUT2D eigenvalue weighted by Crippen LogP contribution is -2.00. The molecule has 0 atom stereocenters. The van der Waals surface area contributed by atoms with Gasteiger partial charge in [-0.15, -0.1) is 0 Å². The van der Waals surface area contributed by atoms with Gasteiger partial charge >= 0.3 is 0 Å². The fourth-order valence-electron chi connectivity index (χ4n) is 8.26. The minimum Gasteiger partial charge on any atom is -0.308 e. The normalized spacial score (nSPS) is 11.6. The van der Waals surface area contributed by atoms with Crippen LogP contribution in [0.3, 0.4) is 0 Å². The summed E-state index contributed by atoms with van der Waals surface area (Å²) < 4.78 is 2.45. The van der Waals surface area contributed by atoms with Crippen molar-refractivity contribution in [2.24, 2.45) is 0 Å². The Kier molecular flexibility index (Phi) is 7.14. The molecule has 0 bridgehead atoms. The minimum atomic E-state index is 0.640. The van der Waals surface area contributed by atoms with Gasteiger partial charge in [-0.1, -0.05) is 182 Å². The van der Waals surface area contributed by atoms with Crippen LogP contribution in [0.2, 0.25) is 0 Å². The van der Waals surface area contributed by atoms with Crippen molar-refractivity contribution in [2.45, 2.75) is 0 Å². The van der Waals surface area contributed by atoms with Crippen LogP contribution in [0.15, 0.2) is 194 Å². The van der Waals surface area contributed by atoms with Gasteiger partial charge in [0.25, 0.3) is 0 Å². The van der Waals surface area contributed by atoms with Crippen LogP contribution in [0.4, 0.5) is 0 Å². The molecule has 0 saturated heterocycles. The Morgan fingerprint density at radius 3 is 1.38 bits per heavy atom. The van der Waals surface area contributed by atoms with Gasteiger partial charge in [-0.05, 0) is 45.5 Å². The molecule has 3 heterocycles. The Morgan fingerprint density at radius 1 is 0.291 bits per heavy atom. The number of hydrogen-bond donors (Lipinski definition) is 0. The van der Waals surface area contributed by atoms with Crippen molar-refractivity contribution in [3.8, 4) is 67.5 Å². The zero-order chi connectivity index (χ0) is 36.3. The highest BCUT2D eigenvalue weighted by Crippen LogP contribution is 2.46. The van der Waals surface area contributed by atoms with Gasteiger partial charge in [0.1, 0.15) is 0 Å². The van der Waals surface area contributed by atoms with Crippen LogP contribution in [-0.4, -0.2) is 19.4 Å². The summed E-state index contributed by atoms with van der Waals surface area (Å²) in [6.45, 7) is 0. The van der Waals surface area contributed by atoms with Gasteiger partial charge in [-0.25, -0.2) is 15.0 Å². The van der Waals surface area contributed by atoms with E-state index in [0.29, 0.717) is 17.5 Å². The summed E-state index contributed by atoms with van der Waals surface area (Å²) in [5, 5.41) is 5.06. The number of aromatic nitrogens is 4. The van der Waals surface area contributed by atoms with Crippen LogP contribution in [0.5, 0.6) is 0 Å². The molecule has 4 nitrogen and oxygen atoms in total. The van der Waals surface area contributed by atoms with E-state index < -0.39 is 0 Å². The van der Waals surface area contributed by atoms with Crippen LogP contribution in [0, 0.1) is 0 Å². The van der Waals surface area contributed by atoms with Crippen molar-refractivity contribution < 1.29 is 0 Å². The average molecular weight is 701 g/mol. The highest BCUT2D eigenvalue weighted by Gasteiger charge is 2.22. The SMILES string of the molecule is c1ccc(-c2ccc(-c3ccc4c(c3-c3ccc(-c5nc(-c6ccccc6)nc(-c6ccccc6)n5)cc3)c3cccc5c6ccccc6n4c53)cc2)cc1. The van der Waals surface area contributed by atoms with Crippen LogP contribution in [-0.2, 0) is 0 Å². The van der Waals surface area contributed by atoms with Gasteiger partial charge in [-0.3, -0.25) is 0 Å². The first-order chi connectivity index (χ1) is 27.3. The standard InChI is InChI=1S/C51H32N4/c1-4-13-33(14-5-1)34-23-25-35(26-24-34)40-31-32-45-47(43-21-12-20-42-41-19-10-11-22-44(41)55(45)48(42)43)46(40)36-27-29-39(30-28-36)51-53-49(37-15-6-2-7-16-37)52-50(54-51)38-17-8-3-9-18-38/h1-32H. The highest BCUT2D eigenvalue weighted by atomic mass is 15.0. The first-order valence-corrected chi connectivity index (χ1v) is 18.6. The van der Waals surface area contributed by atoms with Crippen LogP contribution in [0.1, 0.15) is 0 Å². The molecule has 0 fully saturated rings. The summed E-state index contributed by atoms with van der Waals surface area (Å²) in [6.07, 6.45) is 0. The predicted molar refractivity (Wildman–Crippen MR) is 227 cm³/mol. The van der Waals surface area contributed by atoms with E-state index in [1.165, 1.54) is 65.9 Å². The lowest BCUT2D eigenvalue weighted by molar-refractivity contribution is 1.07. The van der Waals surface area contributed by atoms with Gasteiger partial charge in [0.2, 0.25) is 0 Å². The second kappa shape index (κ2) is 12.6. The monoisotopic (exact) mass is 700 g/mol. The van der Waals surface area contributed by atoms with Gasteiger partial charge in [0.15, 0.2) is 17.5 Å². The number of fused-ring (bicyclic) bond motifs is 6. The Morgan fingerprint density at radius 2 is 0.745 bits per heavy atom. The molecule has 0 amide bonds. The third-order valence-electron chi connectivity index (χ3n) is 10.8. The molecule has 0 aliphatic rings. The van der Waals surface area contributed by atoms with Crippen LogP contribution in [0.25, 0.3) is 106 Å². The van der Waals surface area contributed by atoms with Crippen LogP contribution < -0.4 is 0 Å². The van der Waals surface area contributed by atoms with E-state index in [1.54, 1.807) is 0 Å². The molecular formula is C51H32N4. The largest absolute Gasteiger partial charge is 0.308 e. The molecule has 0 saturated carbocycles. The van der Waals surface area contributed by atoms with Gasteiger partial charge in [0, 0.05) is 38.2 Å². The van der Waals surface area contributed by atoms with Gasteiger partial charge in [0.05, 0.1) is 16.6 Å². The molecule has 55 heavy (non-hydrogen) atoms. The first-order valence-electron chi connectivity index (χ1n) is 18.6. The van der Waals surface area contributed by atoms with Crippen molar-refractivity contribution in [1.82, 2.24) is 19.4 Å². The molecule has 4 heteroatoms. The fraction of sp³-hybridized carbons (Fsp3) is 0. The second-order valence-electron chi connectivity index (χ2n) is 14.0. The van der Waals surface area contributed by atoms with E-state index in [1.807, 2.05) is 60.7 Å². The number of nitrogens with zero attached hydrogens (tertiary/aromatic N) is 4. The maximum absolute atomic E-state index is 5.01. The van der Waals surface area contributed by atoms with Crippen molar-refractivity contribution in [3.05, 3.63) is 194 Å². The Labute approximate surface area is 318 Å². The maximum atomic E-state index is 5.01. The van der Waals surface area contributed by atoms with Crippen LogP contribution >= 0.6 is 0 Å². The van der Waals surface area contributed by atoms with E-state index in [-0.39, 0.29) is 0 Å². The smallest absolute Gasteiger partial charge is 0.164 e. The zero-order valence-electron chi connectivity index (χ0n) is 29.8. The van der Waals surface area contributed by atoms with Crippen molar-refractivity contribution in [2.75, 3.05) is 0 Å². The lowest BCUT2D eigenvalue weighted by Gasteiger charge is -2.15. The number of rotatable bonds is 6. The summed E-state index contributed by atoms with van der Waals surface area (Å²) >= 11 is 0. The molecule has 0 radical (unpaired) electrons. The zero-order valence-corrected chi connectivity index (χ0v) is 29.8. The fourth-order valence-corrected chi connectivity index (χ4v) is 8.26. The van der Waals surface area contributed by atoms with Crippen molar-refractivity contribution in [1.29, 1.82) is 0 Å². The molecule has 256 valence electrons. The van der Waals surface area contributed by atoms with Gasteiger partial charge < -0.3 is 4.40 Å². The molecule has 8 aromatic carbocycles. The number of para-hydroxylation sites is 2. The molecule has 0 aliphatic carbocycles. The molecule has 3 aromatic heterocycles. The Balaban J connectivity index is 1.12. The van der Waals surface area contributed by atoms with Crippen molar-refractivity contribution >= 4 is 38.1 Å². The number of benzene rings is 8. The topological polar surface area (TPSA) is 43.1 Å². The average Bonchev–Trinajstić information content (AvgIpc) is 3.80. The van der Waals surface area contributed by atoms with E-state index in [9.17, 15) is 0 Å². The molecule has 0 spiro atoms. The highest BCUT2D eigenvalue weighted by molar-refractivity contribution is 6.27. The van der Waals surface area contributed by atoms with E-state index in [2.05, 4.69) is 138 Å². The summed E-state index contributed by atoms with van der Waals surface area (Å²) in [5.41, 5.74) is 13.6. The molecule has 11 aromatic rings. The van der Waals surface area contributed by atoms with E-state index in [4.69, 9.17) is 15.0 Å². The Bertz CT molecular complexity index is 3090.